The summed E-state index contributed by atoms with van der Waals surface area (Å²) in [6, 6.07) is 8.32. The second-order valence-electron chi connectivity index (χ2n) is 7.93. The molecule has 150 valence electrons. The van der Waals surface area contributed by atoms with Crippen molar-refractivity contribution in [2.75, 3.05) is 0 Å². The minimum atomic E-state index is -0.300. The summed E-state index contributed by atoms with van der Waals surface area (Å²) >= 11 is 0. The third-order valence-electron chi connectivity index (χ3n) is 5.91. The van der Waals surface area contributed by atoms with Crippen LogP contribution in [0.5, 0.6) is 0 Å². The molecule has 1 saturated carbocycles. The van der Waals surface area contributed by atoms with E-state index in [1.165, 1.54) is 38.3 Å². The zero-order valence-electron chi connectivity index (χ0n) is 16.9. The summed E-state index contributed by atoms with van der Waals surface area (Å²) in [4.78, 5) is 24.5. The zero-order valence-corrected chi connectivity index (χ0v) is 16.9. The SMILES string of the molecule is CC(=O)c1cc(-c2ccc(F)cc2)n(CCC(=O)NC2CCCCC2C)c1C. The van der Waals surface area contributed by atoms with Gasteiger partial charge in [-0.15, -0.1) is 0 Å². The third kappa shape index (κ3) is 4.51. The molecule has 0 saturated heterocycles. The van der Waals surface area contributed by atoms with Crippen LogP contribution in [0.1, 0.15) is 62.0 Å². The van der Waals surface area contributed by atoms with Crippen molar-refractivity contribution in [2.45, 2.75) is 65.5 Å². The maximum absolute atomic E-state index is 13.3. The zero-order chi connectivity index (χ0) is 20.3. The van der Waals surface area contributed by atoms with Crippen molar-refractivity contribution < 1.29 is 14.0 Å². The predicted molar refractivity (Wildman–Crippen MR) is 109 cm³/mol. The third-order valence-corrected chi connectivity index (χ3v) is 5.91. The molecule has 3 rings (SSSR count). The van der Waals surface area contributed by atoms with Crippen LogP contribution in [-0.2, 0) is 11.3 Å². The smallest absolute Gasteiger partial charge is 0.222 e. The molecule has 1 fully saturated rings. The highest BCUT2D eigenvalue weighted by Crippen LogP contribution is 2.27. The number of benzene rings is 1. The van der Waals surface area contributed by atoms with Gasteiger partial charge in [0.25, 0.3) is 0 Å². The largest absolute Gasteiger partial charge is 0.353 e. The van der Waals surface area contributed by atoms with Gasteiger partial charge in [-0.25, -0.2) is 4.39 Å². The molecule has 1 aromatic carbocycles. The summed E-state index contributed by atoms with van der Waals surface area (Å²) < 4.78 is 15.3. The van der Waals surface area contributed by atoms with Gasteiger partial charge in [-0.3, -0.25) is 9.59 Å². The van der Waals surface area contributed by atoms with Crippen LogP contribution in [0.15, 0.2) is 30.3 Å². The maximum atomic E-state index is 13.3. The van der Waals surface area contributed by atoms with Gasteiger partial charge in [0.05, 0.1) is 0 Å². The number of carbonyl (C=O) groups is 2. The lowest BCUT2D eigenvalue weighted by Crippen LogP contribution is -2.41. The van der Waals surface area contributed by atoms with Crippen LogP contribution in [0.25, 0.3) is 11.3 Å². The van der Waals surface area contributed by atoms with Gasteiger partial charge in [-0.2, -0.15) is 0 Å². The topological polar surface area (TPSA) is 51.1 Å². The quantitative estimate of drug-likeness (QED) is 0.721. The van der Waals surface area contributed by atoms with Crippen LogP contribution in [-0.4, -0.2) is 22.3 Å². The molecule has 1 aromatic heterocycles. The Morgan fingerprint density at radius 3 is 2.50 bits per heavy atom. The molecule has 28 heavy (non-hydrogen) atoms. The standard InChI is InChI=1S/C23H29FN2O2/c1-15-6-4-5-7-21(15)25-23(28)12-13-26-16(2)20(17(3)27)14-22(26)18-8-10-19(24)11-9-18/h8-11,14-15,21H,4-7,12-13H2,1-3H3,(H,25,28). The highest BCUT2D eigenvalue weighted by molar-refractivity contribution is 5.96. The number of hydrogen-bond acceptors (Lipinski definition) is 2. The molecule has 0 spiro atoms. The van der Waals surface area contributed by atoms with Crippen LogP contribution < -0.4 is 5.32 Å². The molecule has 0 radical (unpaired) electrons. The molecule has 0 aliphatic heterocycles. The molecule has 1 aliphatic carbocycles. The Morgan fingerprint density at radius 2 is 1.86 bits per heavy atom. The van der Waals surface area contributed by atoms with Crippen molar-refractivity contribution in [3.63, 3.8) is 0 Å². The molecule has 5 heteroatoms. The van der Waals surface area contributed by atoms with Gasteiger partial charge in [0.1, 0.15) is 5.82 Å². The molecule has 1 N–H and O–H groups in total. The minimum absolute atomic E-state index is 0.0138. The monoisotopic (exact) mass is 384 g/mol. The minimum Gasteiger partial charge on any atom is -0.353 e. The predicted octanol–water partition coefficient (Wildman–Crippen LogP) is 4.89. The number of aromatic nitrogens is 1. The maximum Gasteiger partial charge on any atom is 0.222 e. The van der Waals surface area contributed by atoms with Crippen molar-refractivity contribution in [3.8, 4) is 11.3 Å². The fraction of sp³-hybridized carbons (Fsp3) is 0.478. The van der Waals surface area contributed by atoms with Gasteiger partial charge in [-0.05, 0) is 68.5 Å². The number of rotatable bonds is 6. The molecule has 2 atom stereocenters. The average molecular weight is 384 g/mol. The van der Waals surface area contributed by atoms with E-state index in [4.69, 9.17) is 0 Å². The first-order valence-corrected chi connectivity index (χ1v) is 10.1. The first-order chi connectivity index (χ1) is 13.4. The lowest BCUT2D eigenvalue weighted by molar-refractivity contribution is -0.122. The molecular formula is C23H29FN2O2. The van der Waals surface area contributed by atoms with Crippen LogP contribution in [0, 0.1) is 18.7 Å². The van der Waals surface area contributed by atoms with E-state index in [2.05, 4.69) is 12.2 Å². The summed E-state index contributed by atoms with van der Waals surface area (Å²) in [6.07, 6.45) is 4.97. The Labute approximate surface area is 166 Å². The van der Waals surface area contributed by atoms with Gasteiger partial charge >= 0.3 is 0 Å². The van der Waals surface area contributed by atoms with Crippen molar-refractivity contribution >= 4 is 11.7 Å². The first kappa shape index (κ1) is 20.3. The number of hydrogen-bond donors (Lipinski definition) is 1. The number of halogens is 1. The summed E-state index contributed by atoms with van der Waals surface area (Å²) in [5.74, 6) is 0.248. The van der Waals surface area contributed by atoms with E-state index in [0.29, 0.717) is 24.4 Å². The van der Waals surface area contributed by atoms with E-state index < -0.39 is 0 Å². The Kier molecular flexibility index (Phi) is 6.32. The average Bonchev–Trinajstić information content (AvgIpc) is 2.99. The lowest BCUT2D eigenvalue weighted by atomic mass is 9.86. The van der Waals surface area contributed by atoms with Crippen LogP contribution in [0.4, 0.5) is 4.39 Å². The normalized spacial score (nSPS) is 19.4. The van der Waals surface area contributed by atoms with E-state index in [9.17, 15) is 14.0 Å². The highest BCUT2D eigenvalue weighted by Gasteiger charge is 2.23. The van der Waals surface area contributed by atoms with Crippen LogP contribution in [0.3, 0.4) is 0 Å². The number of ketones is 1. The molecule has 0 bridgehead atoms. The van der Waals surface area contributed by atoms with Crippen molar-refractivity contribution in [2.24, 2.45) is 5.92 Å². The van der Waals surface area contributed by atoms with E-state index in [-0.39, 0.29) is 23.5 Å². The summed E-state index contributed by atoms with van der Waals surface area (Å²) in [5.41, 5.74) is 3.14. The fourth-order valence-electron chi connectivity index (χ4n) is 4.17. The van der Waals surface area contributed by atoms with E-state index in [0.717, 1.165) is 23.4 Å². The summed E-state index contributed by atoms with van der Waals surface area (Å²) in [7, 11) is 0. The number of nitrogens with zero attached hydrogens (tertiary/aromatic N) is 1. The lowest BCUT2D eigenvalue weighted by Gasteiger charge is -2.29. The van der Waals surface area contributed by atoms with Gasteiger partial charge in [0.2, 0.25) is 5.91 Å². The number of carbonyl (C=O) groups excluding carboxylic acids is 2. The Morgan fingerprint density at radius 1 is 1.18 bits per heavy atom. The van der Waals surface area contributed by atoms with E-state index in [1.54, 1.807) is 12.1 Å². The van der Waals surface area contributed by atoms with Gasteiger partial charge in [-0.1, -0.05) is 19.8 Å². The van der Waals surface area contributed by atoms with E-state index >= 15 is 0 Å². The second kappa shape index (κ2) is 8.72. The van der Waals surface area contributed by atoms with Crippen molar-refractivity contribution in [1.29, 1.82) is 0 Å². The Bertz CT molecular complexity index is 854. The van der Waals surface area contributed by atoms with Crippen molar-refractivity contribution in [1.82, 2.24) is 9.88 Å². The van der Waals surface area contributed by atoms with Crippen molar-refractivity contribution in [3.05, 3.63) is 47.4 Å². The molecule has 2 unspecified atom stereocenters. The number of Topliss-reactive ketones (excluding diaryl/α,β-unsaturated/α-hetero) is 1. The summed E-state index contributed by atoms with van der Waals surface area (Å²) in [5, 5.41) is 3.19. The first-order valence-electron chi connectivity index (χ1n) is 10.1. The van der Waals surface area contributed by atoms with Gasteiger partial charge < -0.3 is 9.88 Å². The molecule has 1 amide bonds. The van der Waals surface area contributed by atoms with Crippen LogP contribution in [0.2, 0.25) is 0 Å². The number of amides is 1. The molecular weight excluding hydrogens is 355 g/mol. The molecule has 1 heterocycles. The molecule has 4 nitrogen and oxygen atoms in total. The molecule has 2 aromatic rings. The van der Waals surface area contributed by atoms with E-state index in [1.807, 2.05) is 17.6 Å². The second-order valence-corrected chi connectivity index (χ2v) is 7.93. The Balaban J connectivity index is 1.77. The fourth-order valence-corrected chi connectivity index (χ4v) is 4.17. The molecule has 1 aliphatic rings. The Hall–Kier alpha value is -2.43. The van der Waals surface area contributed by atoms with Gasteiger partial charge in [0, 0.05) is 36.0 Å². The highest BCUT2D eigenvalue weighted by atomic mass is 19.1. The van der Waals surface area contributed by atoms with Crippen LogP contribution >= 0.6 is 0 Å². The summed E-state index contributed by atoms with van der Waals surface area (Å²) in [6.45, 7) is 6.12. The number of nitrogens with one attached hydrogen (secondary N) is 1. The van der Waals surface area contributed by atoms with Gasteiger partial charge in [0.15, 0.2) is 5.78 Å².